The maximum Gasteiger partial charge on any atom is 0.227 e. The lowest BCUT2D eigenvalue weighted by Gasteiger charge is -2.16. The normalized spacial score (nSPS) is 18.0. The Balaban J connectivity index is 1.49. The summed E-state index contributed by atoms with van der Waals surface area (Å²) in [4.78, 5) is 15.5. The van der Waals surface area contributed by atoms with Crippen LogP contribution >= 0.6 is 0 Å². The fraction of sp³-hybridized carbons (Fsp3) is 0.312. The zero-order valence-electron chi connectivity index (χ0n) is 12.4. The number of hydrogen-bond acceptors (Lipinski definition) is 5. The SMILES string of the molecule is Cn1cnc2nc(N3CC[C@@H](Oc4ccccc4)C3)ncc21. The molecule has 1 aromatic carbocycles. The molecule has 1 atom stereocenters. The van der Waals surface area contributed by atoms with Gasteiger partial charge in [-0.05, 0) is 12.1 Å². The highest BCUT2D eigenvalue weighted by Gasteiger charge is 2.26. The number of ether oxygens (including phenoxy) is 1. The molecule has 0 amide bonds. The Morgan fingerprint density at radius 1 is 1.18 bits per heavy atom. The molecule has 22 heavy (non-hydrogen) atoms. The molecule has 0 spiro atoms. The van der Waals surface area contributed by atoms with Crippen LogP contribution in [0.2, 0.25) is 0 Å². The number of aryl methyl sites for hydroxylation is 1. The van der Waals surface area contributed by atoms with E-state index in [0.29, 0.717) is 0 Å². The van der Waals surface area contributed by atoms with E-state index in [1.54, 1.807) is 6.33 Å². The second-order valence-electron chi connectivity index (χ2n) is 5.52. The first-order chi connectivity index (χ1) is 10.8. The van der Waals surface area contributed by atoms with Crippen LogP contribution < -0.4 is 9.64 Å². The van der Waals surface area contributed by atoms with Gasteiger partial charge in [0, 0.05) is 20.0 Å². The predicted molar refractivity (Wildman–Crippen MR) is 84.0 cm³/mol. The van der Waals surface area contributed by atoms with Crippen LogP contribution in [0, 0.1) is 0 Å². The van der Waals surface area contributed by atoms with E-state index in [-0.39, 0.29) is 6.10 Å². The molecule has 112 valence electrons. The Morgan fingerprint density at radius 2 is 2.05 bits per heavy atom. The zero-order chi connectivity index (χ0) is 14.9. The third-order valence-electron chi connectivity index (χ3n) is 3.94. The van der Waals surface area contributed by atoms with E-state index in [9.17, 15) is 0 Å². The van der Waals surface area contributed by atoms with Gasteiger partial charge < -0.3 is 14.2 Å². The molecule has 1 aliphatic rings. The lowest BCUT2D eigenvalue weighted by molar-refractivity contribution is 0.225. The summed E-state index contributed by atoms with van der Waals surface area (Å²) in [5.41, 5.74) is 1.68. The van der Waals surface area contributed by atoms with Gasteiger partial charge in [-0.1, -0.05) is 18.2 Å². The largest absolute Gasteiger partial charge is 0.489 e. The highest BCUT2D eigenvalue weighted by Crippen LogP contribution is 2.22. The van der Waals surface area contributed by atoms with Crippen LogP contribution in [0.5, 0.6) is 5.75 Å². The molecule has 1 saturated heterocycles. The summed E-state index contributed by atoms with van der Waals surface area (Å²) >= 11 is 0. The molecule has 3 aromatic rings. The first-order valence-electron chi connectivity index (χ1n) is 7.40. The zero-order valence-corrected chi connectivity index (χ0v) is 12.4. The number of fused-ring (bicyclic) bond motifs is 1. The first-order valence-corrected chi connectivity index (χ1v) is 7.40. The van der Waals surface area contributed by atoms with E-state index in [2.05, 4.69) is 19.9 Å². The summed E-state index contributed by atoms with van der Waals surface area (Å²) in [7, 11) is 1.94. The minimum absolute atomic E-state index is 0.172. The molecule has 2 aromatic heterocycles. The van der Waals surface area contributed by atoms with Crippen molar-refractivity contribution in [2.75, 3.05) is 18.0 Å². The molecule has 0 unspecified atom stereocenters. The molecule has 4 rings (SSSR count). The quantitative estimate of drug-likeness (QED) is 0.740. The van der Waals surface area contributed by atoms with Crippen molar-refractivity contribution in [2.45, 2.75) is 12.5 Å². The molecular weight excluding hydrogens is 278 g/mol. The third-order valence-corrected chi connectivity index (χ3v) is 3.94. The van der Waals surface area contributed by atoms with Crippen molar-refractivity contribution in [3.63, 3.8) is 0 Å². The van der Waals surface area contributed by atoms with Gasteiger partial charge in [0.25, 0.3) is 0 Å². The lowest BCUT2D eigenvalue weighted by Crippen LogP contribution is -2.26. The molecular formula is C16H17N5O. The van der Waals surface area contributed by atoms with E-state index in [0.717, 1.165) is 42.4 Å². The molecule has 0 N–H and O–H groups in total. The van der Waals surface area contributed by atoms with E-state index < -0.39 is 0 Å². The number of para-hydroxylation sites is 1. The standard InChI is InChI=1S/C16H17N5O/c1-20-11-18-15-14(20)9-17-16(19-15)21-8-7-13(10-21)22-12-5-3-2-4-6-12/h2-6,9,11,13H,7-8,10H2,1H3/t13-/m1/s1. The second-order valence-corrected chi connectivity index (χ2v) is 5.52. The summed E-state index contributed by atoms with van der Waals surface area (Å²) < 4.78 is 7.92. The Kier molecular flexibility index (Phi) is 3.14. The molecule has 0 saturated carbocycles. The Labute approximate surface area is 128 Å². The van der Waals surface area contributed by atoms with E-state index in [1.165, 1.54) is 0 Å². The number of aromatic nitrogens is 4. The van der Waals surface area contributed by atoms with Crippen molar-refractivity contribution >= 4 is 17.1 Å². The number of hydrogen-bond donors (Lipinski definition) is 0. The molecule has 6 heteroatoms. The van der Waals surface area contributed by atoms with Gasteiger partial charge in [-0.25, -0.2) is 9.97 Å². The summed E-state index contributed by atoms with van der Waals surface area (Å²) in [6.45, 7) is 1.70. The van der Waals surface area contributed by atoms with Gasteiger partial charge >= 0.3 is 0 Å². The van der Waals surface area contributed by atoms with Crippen LogP contribution in [0.1, 0.15) is 6.42 Å². The first kappa shape index (κ1) is 13.1. The van der Waals surface area contributed by atoms with Crippen LogP contribution in [0.3, 0.4) is 0 Å². The average Bonchev–Trinajstić information content (AvgIpc) is 3.15. The Hall–Kier alpha value is -2.63. The third kappa shape index (κ3) is 2.36. The van der Waals surface area contributed by atoms with Crippen molar-refractivity contribution in [3.05, 3.63) is 42.9 Å². The van der Waals surface area contributed by atoms with Crippen LogP contribution in [0.25, 0.3) is 11.2 Å². The smallest absolute Gasteiger partial charge is 0.227 e. The maximum absolute atomic E-state index is 6.00. The number of benzene rings is 1. The monoisotopic (exact) mass is 295 g/mol. The highest BCUT2D eigenvalue weighted by atomic mass is 16.5. The van der Waals surface area contributed by atoms with Crippen LogP contribution in [-0.4, -0.2) is 38.7 Å². The molecule has 1 aliphatic heterocycles. The minimum Gasteiger partial charge on any atom is -0.489 e. The molecule has 6 nitrogen and oxygen atoms in total. The van der Waals surface area contributed by atoms with Crippen molar-refractivity contribution in [1.29, 1.82) is 0 Å². The van der Waals surface area contributed by atoms with Gasteiger partial charge in [-0.2, -0.15) is 4.98 Å². The van der Waals surface area contributed by atoms with E-state index in [1.807, 2.05) is 48.1 Å². The molecule has 3 heterocycles. The summed E-state index contributed by atoms with van der Waals surface area (Å²) in [5, 5.41) is 0. The van der Waals surface area contributed by atoms with Gasteiger partial charge in [0.15, 0.2) is 5.65 Å². The van der Waals surface area contributed by atoms with Crippen molar-refractivity contribution in [2.24, 2.45) is 7.05 Å². The number of imidazole rings is 1. The van der Waals surface area contributed by atoms with Crippen molar-refractivity contribution in [1.82, 2.24) is 19.5 Å². The van der Waals surface area contributed by atoms with Gasteiger partial charge in [0.05, 0.1) is 19.1 Å². The predicted octanol–water partition coefficient (Wildman–Crippen LogP) is 2.02. The van der Waals surface area contributed by atoms with Crippen LogP contribution in [-0.2, 0) is 7.05 Å². The summed E-state index contributed by atoms with van der Waals surface area (Å²) in [5.74, 6) is 1.64. The average molecular weight is 295 g/mol. The maximum atomic E-state index is 6.00. The van der Waals surface area contributed by atoms with Crippen molar-refractivity contribution < 1.29 is 4.74 Å². The van der Waals surface area contributed by atoms with E-state index >= 15 is 0 Å². The molecule has 0 radical (unpaired) electrons. The highest BCUT2D eigenvalue weighted by molar-refractivity contribution is 5.70. The van der Waals surface area contributed by atoms with E-state index in [4.69, 9.17) is 4.74 Å². The van der Waals surface area contributed by atoms with Gasteiger partial charge in [0.2, 0.25) is 5.95 Å². The topological polar surface area (TPSA) is 56.1 Å². The van der Waals surface area contributed by atoms with Gasteiger partial charge in [-0.15, -0.1) is 0 Å². The summed E-state index contributed by atoms with van der Waals surface area (Å²) in [6.07, 6.45) is 4.73. The second kappa shape index (κ2) is 5.29. The molecule has 0 bridgehead atoms. The Morgan fingerprint density at radius 3 is 2.91 bits per heavy atom. The summed E-state index contributed by atoms with van der Waals surface area (Å²) in [6, 6.07) is 9.93. The minimum atomic E-state index is 0.172. The lowest BCUT2D eigenvalue weighted by atomic mass is 10.3. The number of rotatable bonds is 3. The molecule has 0 aliphatic carbocycles. The van der Waals surface area contributed by atoms with Gasteiger partial charge in [0.1, 0.15) is 17.4 Å². The van der Waals surface area contributed by atoms with Gasteiger partial charge in [-0.3, -0.25) is 0 Å². The van der Waals surface area contributed by atoms with Crippen LogP contribution in [0.4, 0.5) is 5.95 Å². The number of nitrogens with zero attached hydrogens (tertiary/aromatic N) is 5. The Bertz CT molecular complexity index is 786. The number of anilines is 1. The van der Waals surface area contributed by atoms with Crippen LogP contribution in [0.15, 0.2) is 42.9 Å². The van der Waals surface area contributed by atoms with Crippen molar-refractivity contribution in [3.8, 4) is 5.75 Å². The molecule has 1 fully saturated rings. The fourth-order valence-corrected chi connectivity index (χ4v) is 2.75. The fourth-order valence-electron chi connectivity index (χ4n) is 2.75.